The van der Waals surface area contributed by atoms with Gasteiger partial charge < -0.3 is 9.73 Å². The number of rotatable bonds is 3. The van der Waals surface area contributed by atoms with E-state index in [1.54, 1.807) is 16.8 Å². The third-order valence-corrected chi connectivity index (χ3v) is 5.67. The van der Waals surface area contributed by atoms with Gasteiger partial charge in [-0.15, -0.1) is 0 Å². The van der Waals surface area contributed by atoms with Crippen LogP contribution >= 0.6 is 15.9 Å². The van der Waals surface area contributed by atoms with Crippen LogP contribution in [0.25, 0.3) is 5.69 Å². The Hall–Kier alpha value is -2.19. The lowest BCUT2D eigenvalue weighted by Crippen LogP contribution is -2.16. The zero-order valence-electron chi connectivity index (χ0n) is 13.3. The van der Waals surface area contributed by atoms with Gasteiger partial charge in [-0.3, -0.25) is 9.00 Å². The average molecular weight is 420 g/mol. The number of amides is 1. The van der Waals surface area contributed by atoms with Crippen molar-refractivity contribution in [3.8, 4) is 5.69 Å². The first kappa shape index (κ1) is 16.3. The van der Waals surface area contributed by atoms with Crippen LogP contribution in [0.4, 0.5) is 5.82 Å². The van der Waals surface area contributed by atoms with Crippen LogP contribution in [0, 0.1) is 6.92 Å². The predicted octanol–water partition coefficient (Wildman–Crippen LogP) is 3.55. The molecule has 25 heavy (non-hydrogen) atoms. The molecule has 0 aliphatic carbocycles. The Kier molecular flexibility index (Phi) is 4.09. The summed E-state index contributed by atoms with van der Waals surface area (Å²) in [4.78, 5) is 12.5. The Labute approximate surface area is 154 Å². The quantitative estimate of drug-likeness (QED) is 0.703. The molecule has 1 aromatic carbocycles. The molecule has 0 fully saturated rings. The number of para-hydroxylation sites is 1. The van der Waals surface area contributed by atoms with Crippen LogP contribution in [0.2, 0.25) is 0 Å². The second-order valence-corrected chi connectivity index (χ2v) is 8.00. The molecule has 4 rings (SSSR count). The minimum absolute atomic E-state index is 0.192. The number of fused-ring (bicyclic) bond motifs is 1. The number of hydrogen-bond acceptors (Lipinski definition) is 4. The number of carbonyl (C=O) groups is 1. The molecular formula is C17H14BrN3O3S. The lowest BCUT2D eigenvalue weighted by Gasteiger charge is -2.12. The largest absolute Gasteiger partial charge is 0.444 e. The SMILES string of the molecule is Cc1ccccc1-n1nc2c(c1NC(=O)c1ccc(Br)o1)CS(=O)C2. The van der Waals surface area contributed by atoms with Gasteiger partial charge in [0.2, 0.25) is 0 Å². The zero-order valence-corrected chi connectivity index (χ0v) is 15.7. The van der Waals surface area contributed by atoms with Crippen molar-refractivity contribution in [2.24, 2.45) is 0 Å². The summed E-state index contributed by atoms with van der Waals surface area (Å²) in [6.45, 7) is 1.98. The lowest BCUT2D eigenvalue weighted by molar-refractivity contribution is 0.0994. The van der Waals surface area contributed by atoms with E-state index in [1.807, 2.05) is 31.2 Å². The molecule has 1 amide bonds. The lowest BCUT2D eigenvalue weighted by atomic mass is 10.2. The maximum atomic E-state index is 12.5. The number of anilines is 1. The van der Waals surface area contributed by atoms with E-state index in [0.717, 1.165) is 22.5 Å². The first-order valence-corrected chi connectivity index (χ1v) is 9.89. The summed E-state index contributed by atoms with van der Waals surface area (Å²) in [7, 11) is -0.982. The van der Waals surface area contributed by atoms with Crippen molar-refractivity contribution >= 4 is 38.5 Å². The molecule has 0 saturated heterocycles. The third-order valence-electron chi connectivity index (χ3n) is 4.04. The van der Waals surface area contributed by atoms with Crippen molar-refractivity contribution in [3.05, 3.63) is 63.6 Å². The predicted molar refractivity (Wildman–Crippen MR) is 98.2 cm³/mol. The maximum Gasteiger partial charge on any atom is 0.292 e. The van der Waals surface area contributed by atoms with E-state index < -0.39 is 10.8 Å². The van der Waals surface area contributed by atoms with Crippen molar-refractivity contribution in [1.82, 2.24) is 9.78 Å². The van der Waals surface area contributed by atoms with E-state index in [4.69, 9.17) is 4.42 Å². The number of nitrogens with one attached hydrogen (secondary N) is 1. The van der Waals surface area contributed by atoms with Gasteiger partial charge in [0.15, 0.2) is 10.4 Å². The highest BCUT2D eigenvalue weighted by atomic mass is 79.9. The molecule has 1 aliphatic heterocycles. The summed E-state index contributed by atoms with van der Waals surface area (Å²) in [5.74, 6) is 1.16. The first-order valence-electron chi connectivity index (χ1n) is 7.61. The summed E-state index contributed by atoms with van der Waals surface area (Å²) in [5.41, 5.74) is 3.48. The maximum absolute atomic E-state index is 12.5. The summed E-state index contributed by atoms with van der Waals surface area (Å²) < 4.78 is 19.4. The van der Waals surface area contributed by atoms with Crippen molar-refractivity contribution in [3.63, 3.8) is 0 Å². The van der Waals surface area contributed by atoms with Crippen molar-refractivity contribution in [1.29, 1.82) is 0 Å². The summed E-state index contributed by atoms with van der Waals surface area (Å²) in [6.07, 6.45) is 0. The van der Waals surface area contributed by atoms with E-state index >= 15 is 0 Å². The van der Waals surface area contributed by atoms with Gasteiger partial charge in [-0.25, -0.2) is 4.68 Å². The molecule has 1 N–H and O–H groups in total. The summed E-state index contributed by atoms with van der Waals surface area (Å²) >= 11 is 3.19. The summed E-state index contributed by atoms with van der Waals surface area (Å²) in [5, 5.41) is 7.47. The molecule has 3 heterocycles. The van der Waals surface area contributed by atoms with Gasteiger partial charge in [0.25, 0.3) is 5.91 Å². The molecule has 6 nitrogen and oxygen atoms in total. The number of halogens is 1. The monoisotopic (exact) mass is 419 g/mol. The fourth-order valence-corrected chi connectivity index (χ4v) is 4.41. The van der Waals surface area contributed by atoms with Crippen molar-refractivity contribution in [2.75, 3.05) is 5.32 Å². The Morgan fingerprint density at radius 3 is 2.80 bits per heavy atom. The smallest absolute Gasteiger partial charge is 0.292 e. The second kappa shape index (κ2) is 6.27. The van der Waals surface area contributed by atoms with Gasteiger partial charge in [0, 0.05) is 16.4 Å². The van der Waals surface area contributed by atoms with Gasteiger partial charge in [-0.05, 0) is 46.6 Å². The molecule has 0 saturated carbocycles. The molecule has 0 radical (unpaired) electrons. The van der Waals surface area contributed by atoms with Gasteiger partial charge >= 0.3 is 0 Å². The van der Waals surface area contributed by atoms with Crippen LogP contribution in [0.5, 0.6) is 0 Å². The summed E-state index contributed by atoms with van der Waals surface area (Å²) in [6, 6.07) is 11.0. The molecule has 2 aromatic heterocycles. The number of furan rings is 1. The van der Waals surface area contributed by atoms with Crippen molar-refractivity contribution < 1.29 is 13.4 Å². The Morgan fingerprint density at radius 1 is 1.28 bits per heavy atom. The minimum atomic E-state index is -0.982. The molecule has 1 aliphatic rings. The number of aromatic nitrogens is 2. The van der Waals surface area contributed by atoms with Crippen LogP contribution in [0.1, 0.15) is 27.4 Å². The van der Waals surface area contributed by atoms with Crippen molar-refractivity contribution in [2.45, 2.75) is 18.4 Å². The van der Waals surface area contributed by atoms with Crippen LogP contribution < -0.4 is 5.32 Å². The minimum Gasteiger partial charge on any atom is -0.444 e. The van der Waals surface area contributed by atoms with Crippen LogP contribution in [-0.4, -0.2) is 19.9 Å². The average Bonchev–Trinajstić information content (AvgIpc) is 3.24. The fraction of sp³-hybridized carbons (Fsp3) is 0.176. The number of aryl methyl sites for hydroxylation is 1. The van der Waals surface area contributed by atoms with E-state index in [9.17, 15) is 9.00 Å². The Balaban J connectivity index is 1.79. The van der Waals surface area contributed by atoms with Gasteiger partial charge in [-0.2, -0.15) is 5.10 Å². The van der Waals surface area contributed by atoms with Gasteiger partial charge in [0.05, 0.1) is 22.9 Å². The molecule has 1 unspecified atom stereocenters. The number of nitrogens with zero attached hydrogens (tertiary/aromatic N) is 2. The van der Waals surface area contributed by atoms with E-state index in [0.29, 0.717) is 22.0 Å². The number of carbonyl (C=O) groups excluding carboxylic acids is 1. The first-order chi connectivity index (χ1) is 12.0. The molecule has 1 atom stereocenters. The molecule has 0 bridgehead atoms. The fourth-order valence-electron chi connectivity index (χ4n) is 2.84. The topological polar surface area (TPSA) is 77.1 Å². The molecule has 128 valence electrons. The van der Waals surface area contributed by atoms with E-state index in [-0.39, 0.29) is 11.7 Å². The molecule has 8 heteroatoms. The molecule has 0 spiro atoms. The molecule has 3 aromatic rings. The van der Waals surface area contributed by atoms with E-state index in [1.165, 1.54) is 0 Å². The van der Waals surface area contributed by atoms with Gasteiger partial charge in [-0.1, -0.05) is 18.2 Å². The van der Waals surface area contributed by atoms with E-state index in [2.05, 4.69) is 26.3 Å². The highest BCUT2D eigenvalue weighted by molar-refractivity contribution is 9.10. The Bertz CT molecular complexity index is 1010. The zero-order chi connectivity index (χ0) is 17.6. The standard InChI is InChI=1S/C17H14BrN3O3S/c1-10-4-2-3-5-13(10)21-16(11-8-25(23)9-12(11)20-21)19-17(22)14-6-7-15(18)24-14/h2-7H,8-9H2,1H3,(H,19,22). The number of benzene rings is 1. The number of hydrogen-bond donors (Lipinski definition) is 1. The van der Waals surface area contributed by atoms with Crippen LogP contribution in [0.3, 0.4) is 0 Å². The van der Waals surface area contributed by atoms with Gasteiger partial charge in [0.1, 0.15) is 5.82 Å². The molecular weight excluding hydrogens is 406 g/mol. The van der Waals surface area contributed by atoms with Crippen LogP contribution in [-0.2, 0) is 22.3 Å². The normalized spacial score (nSPS) is 16.0. The van der Waals surface area contributed by atoms with Crippen LogP contribution in [0.15, 0.2) is 45.5 Å². The highest BCUT2D eigenvalue weighted by Crippen LogP contribution is 2.32. The second-order valence-electron chi connectivity index (χ2n) is 5.76. The Morgan fingerprint density at radius 2 is 2.08 bits per heavy atom. The highest BCUT2D eigenvalue weighted by Gasteiger charge is 2.29. The third kappa shape index (κ3) is 2.96.